The molecule has 1 aromatic carbocycles. The number of hydrogen-bond donors (Lipinski definition) is 1. The largest absolute Gasteiger partial charge is 0.350 e. The van der Waals surface area contributed by atoms with Gasteiger partial charge in [0.05, 0.1) is 11.1 Å². The molecule has 0 radical (unpaired) electrons. The van der Waals surface area contributed by atoms with Crippen LogP contribution < -0.4 is 5.32 Å². The van der Waals surface area contributed by atoms with Gasteiger partial charge in [-0.1, -0.05) is 45.9 Å². The molecule has 0 saturated carbocycles. The third-order valence-electron chi connectivity index (χ3n) is 4.13. The van der Waals surface area contributed by atoms with E-state index in [1.165, 1.54) is 0 Å². The van der Waals surface area contributed by atoms with Crippen LogP contribution in [0.1, 0.15) is 69.4 Å². The summed E-state index contributed by atoms with van der Waals surface area (Å²) in [5.74, 6) is 0.954. The quantitative estimate of drug-likeness (QED) is 0.823. The molecule has 1 amide bonds. The Morgan fingerprint density at radius 1 is 1.09 bits per heavy atom. The van der Waals surface area contributed by atoms with Crippen molar-refractivity contribution in [3.63, 3.8) is 0 Å². The van der Waals surface area contributed by atoms with Gasteiger partial charge >= 0.3 is 0 Å². The topological polar surface area (TPSA) is 42.0 Å². The zero-order valence-electron chi connectivity index (χ0n) is 14.9. The van der Waals surface area contributed by atoms with Gasteiger partial charge in [0.15, 0.2) is 0 Å². The van der Waals surface area contributed by atoms with E-state index in [0.717, 1.165) is 35.0 Å². The summed E-state index contributed by atoms with van der Waals surface area (Å²) in [4.78, 5) is 17.4. The number of nitrogens with zero attached hydrogens (tertiary/aromatic N) is 1. The molecule has 0 saturated heterocycles. The standard InChI is InChI=1S/C20H28N2O/c1-13(2)10-11-15(5)21-20(23)17-12-19(14(3)4)22-18-9-7-6-8-16(17)18/h6-9,12-15H,10-11H2,1-5H3,(H,21,23). The molecule has 3 heteroatoms. The SMILES string of the molecule is CC(C)CCC(C)NC(=O)c1cc(C(C)C)nc2ccccc12. The van der Waals surface area contributed by atoms with Gasteiger partial charge in [-0.25, -0.2) is 0 Å². The molecule has 0 fully saturated rings. The van der Waals surface area contributed by atoms with Gasteiger partial charge in [0.1, 0.15) is 0 Å². The van der Waals surface area contributed by atoms with Crippen LogP contribution in [0.5, 0.6) is 0 Å². The van der Waals surface area contributed by atoms with E-state index in [1.807, 2.05) is 30.3 Å². The predicted molar refractivity (Wildman–Crippen MR) is 96.8 cm³/mol. The van der Waals surface area contributed by atoms with E-state index in [4.69, 9.17) is 0 Å². The Morgan fingerprint density at radius 3 is 2.43 bits per heavy atom. The average Bonchev–Trinajstić information content (AvgIpc) is 2.51. The molecule has 0 aliphatic heterocycles. The van der Waals surface area contributed by atoms with Crippen LogP contribution >= 0.6 is 0 Å². The number of para-hydroxylation sites is 1. The number of hydrogen-bond acceptors (Lipinski definition) is 2. The fraction of sp³-hybridized carbons (Fsp3) is 0.500. The highest BCUT2D eigenvalue weighted by Gasteiger charge is 2.16. The first kappa shape index (κ1) is 17.5. The van der Waals surface area contributed by atoms with Crippen LogP contribution in [0.2, 0.25) is 0 Å². The molecule has 3 nitrogen and oxygen atoms in total. The number of carbonyl (C=O) groups excluding carboxylic acids is 1. The number of aromatic nitrogens is 1. The van der Waals surface area contributed by atoms with Crippen LogP contribution in [0.4, 0.5) is 0 Å². The van der Waals surface area contributed by atoms with Gasteiger partial charge in [0.2, 0.25) is 0 Å². The molecule has 0 spiro atoms. The number of fused-ring (bicyclic) bond motifs is 1. The maximum Gasteiger partial charge on any atom is 0.252 e. The molecule has 1 N–H and O–H groups in total. The van der Waals surface area contributed by atoms with Crippen LogP contribution in [0.3, 0.4) is 0 Å². The minimum absolute atomic E-state index is 0.00163. The average molecular weight is 312 g/mol. The van der Waals surface area contributed by atoms with Crippen molar-refractivity contribution in [1.29, 1.82) is 0 Å². The summed E-state index contributed by atoms with van der Waals surface area (Å²) < 4.78 is 0. The van der Waals surface area contributed by atoms with Crippen molar-refractivity contribution >= 4 is 16.8 Å². The molecule has 1 heterocycles. The predicted octanol–water partition coefficient (Wildman–Crippen LogP) is 4.91. The van der Waals surface area contributed by atoms with E-state index in [1.54, 1.807) is 0 Å². The van der Waals surface area contributed by atoms with Crippen LogP contribution in [-0.2, 0) is 0 Å². The van der Waals surface area contributed by atoms with Gasteiger partial charge in [-0.15, -0.1) is 0 Å². The molecule has 1 aromatic heterocycles. The zero-order chi connectivity index (χ0) is 17.0. The Balaban J connectivity index is 2.28. The zero-order valence-corrected chi connectivity index (χ0v) is 14.9. The summed E-state index contributed by atoms with van der Waals surface area (Å²) in [6.07, 6.45) is 2.12. The third kappa shape index (κ3) is 4.54. The van der Waals surface area contributed by atoms with Gasteiger partial charge in [-0.05, 0) is 43.7 Å². The van der Waals surface area contributed by atoms with Gasteiger partial charge < -0.3 is 5.32 Å². The minimum Gasteiger partial charge on any atom is -0.350 e. The summed E-state index contributed by atoms with van der Waals surface area (Å²) >= 11 is 0. The van der Waals surface area contributed by atoms with Gasteiger partial charge in [-0.2, -0.15) is 0 Å². The number of pyridine rings is 1. The highest BCUT2D eigenvalue weighted by molar-refractivity contribution is 6.06. The van der Waals surface area contributed by atoms with Gasteiger partial charge in [0, 0.05) is 17.1 Å². The Kier molecular flexibility index (Phi) is 5.75. The fourth-order valence-electron chi connectivity index (χ4n) is 2.64. The van der Waals surface area contributed by atoms with E-state index in [0.29, 0.717) is 11.8 Å². The minimum atomic E-state index is 0.00163. The molecule has 124 valence electrons. The molecular formula is C20H28N2O. The van der Waals surface area contributed by atoms with E-state index in [-0.39, 0.29) is 11.9 Å². The highest BCUT2D eigenvalue weighted by atomic mass is 16.1. The molecule has 1 atom stereocenters. The molecule has 0 aliphatic carbocycles. The van der Waals surface area contributed by atoms with Crippen molar-refractivity contribution in [2.45, 2.75) is 59.4 Å². The summed E-state index contributed by atoms with van der Waals surface area (Å²) in [7, 11) is 0. The van der Waals surface area contributed by atoms with Crippen molar-refractivity contribution in [3.05, 3.63) is 41.6 Å². The number of nitrogens with one attached hydrogen (secondary N) is 1. The molecule has 2 aromatic rings. The van der Waals surface area contributed by atoms with Crippen molar-refractivity contribution in [2.75, 3.05) is 0 Å². The first-order valence-corrected chi connectivity index (χ1v) is 8.59. The molecule has 1 unspecified atom stereocenters. The van der Waals surface area contributed by atoms with E-state index < -0.39 is 0 Å². The molecule has 23 heavy (non-hydrogen) atoms. The molecule has 0 bridgehead atoms. The lowest BCUT2D eigenvalue weighted by Gasteiger charge is -2.17. The Bertz CT molecular complexity index is 676. The monoisotopic (exact) mass is 312 g/mol. The number of benzene rings is 1. The lowest BCUT2D eigenvalue weighted by atomic mass is 10.0. The van der Waals surface area contributed by atoms with Crippen LogP contribution in [0.15, 0.2) is 30.3 Å². The maximum absolute atomic E-state index is 12.7. The maximum atomic E-state index is 12.7. The molecule has 0 aliphatic rings. The lowest BCUT2D eigenvalue weighted by molar-refractivity contribution is 0.0938. The number of rotatable bonds is 6. The second-order valence-electron chi connectivity index (χ2n) is 7.11. The summed E-state index contributed by atoms with van der Waals surface area (Å²) in [5, 5.41) is 4.06. The third-order valence-corrected chi connectivity index (χ3v) is 4.13. The van der Waals surface area contributed by atoms with Crippen molar-refractivity contribution in [1.82, 2.24) is 10.3 Å². The molecular weight excluding hydrogens is 284 g/mol. The Labute approximate surface area is 139 Å². The van der Waals surface area contributed by atoms with Crippen LogP contribution in [-0.4, -0.2) is 16.9 Å². The van der Waals surface area contributed by atoms with Crippen molar-refractivity contribution < 1.29 is 4.79 Å². The van der Waals surface area contributed by atoms with Crippen molar-refractivity contribution in [3.8, 4) is 0 Å². The van der Waals surface area contributed by atoms with Gasteiger partial charge in [-0.3, -0.25) is 9.78 Å². The summed E-state index contributed by atoms with van der Waals surface area (Å²) in [5.41, 5.74) is 2.58. The second-order valence-corrected chi connectivity index (χ2v) is 7.11. The molecule has 2 rings (SSSR count). The highest BCUT2D eigenvalue weighted by Crippen LogP contribution is 2.22. The van der Waals surface area contributed by atoms with Gasteiger partial charge in [0.25, 0.3) is 5.91 Å². The van der Waals surface area contributed by atoms with Crippen LogP contribution in [0, 0.1) is 5.92 Å². The lowest BCUT2D eigenvalue weighted by Crippen LogP contribution is -2.33. The second kappa shape index (κ2) is 7.58. The van der Waals surface area contributed by atoms with Crippen molar-refractivity contribution in [2.24, 2.45) is 5.92 Å². The van der Waals surface area contributed by atoms with E-state index >= 15 is 0 Å². The first-order chi connectivity index (χ1) is 10.9. The van der Waals surface area contributed by atoms with E-state index in [9.17, 15) is 4.79 Å². The Hall–Kier alpha value is -1.90. The normalized spacial score (nSPS) is 12.8. The number of carbonyl (C=O) groups is 1. The number of amides is 1. The summed E-state index contributed by atoms with van der Waals surface area (Å²) in [6.45, 7) is 10.7. The van der Waals surface area contributed by atoms with E-state index in [2.05, 4.69) is 44.9 Å². The van der Waals surface area contributed by atoms with Crippen LogP contribution in [0.25, 0.3) is 10.9 Å². The summed E-state index contributed by atoms with van der Waals surface area (Å²) in [6, 6.07) is 9.99. The first-order valence-electron chi connectivity index (χ1n) is 8.59. The fourth-order valence-corrected chi connectivity index (χ4v) is 2.64. The Morgan fingerprint density at radius 2 is 1.78 bits per heavy atom. The smallest absolute Gasteiger partial charge is 0.252 e.